The summed E-state index contributed by atoms with van der Waals surface area (Å²) in [6.45, 7) is 4.80. The SMILES string of the molecule is CC(C)(C)OC(=O)/C=C/c1c(F)c(F)cc(F)c1F. The maximum atomic E-state index is 13.2. The fourth-order valence-corrected chi connectivity index (χ4v) is 1.23. The second-order valence-corrected chi connectivity index (χ2v) is 4.75. The molecule has 0 atom stereocenters. The second-order valence-electron chi connectivity index (χ2n) is 4.75. The van der Waals surface area contributed by atoms with Crippen LogP contribution in [0.2, 0.25) is 0 Å². The number of rotatable bonds is 2. The molecule has 1 aromatic rings. The molecule has 0 aliphatic rings. The van der Waals surface area contributed by atoms with Crippen molar-refractivity contribution in [1.82, 2.24) is 0 Å². The van der Waals surface area contributed by atoms with Gasteiger partial charge in [0.15, 0.2) is 23.3 Å². The molecule has 0 fully saturated rings. The predicted molar refractivity (Wildman–Crippen MR) is 61.2 cm³/mol. The summed E-state index contributed by atoms with van der Waals surface area (Å²) in [5, 5.41) is 0. The molecule has 0 spiro atoms. The van der Waals surface area contributed by atoms with Gasteiger partial charge in [-0.1, -0.05) is 0 Å². The summed E-state index contributed by atoms with van der Waals surface area (Å²) < 4.78 is 57.1. The average Bonchev–Trinajstić information content (AvgIpc) is 2.24. The number of carbonyl (C=O) groups excluding carboxylic acids is 1. The highest BCUT2D eigenvalue weighted by molar-refractivity contribution is 5.87. The van der Waals surface area contributed by atoms with E-state index in [1.807, 2.05) is 0 Å². The lowest BCUT2D eigenvalue weighted by Gasteiger charge is -2.17. The molecule has 0 radical (unpaired) electrons. The van der Waals surface area contributed by atoms with Gasteiger partial charge in [-0.15, -0.1) is 0 Å². The Morgan fingerprint density at radius 1 is 1.11 bits per heavy atom. The Labute approximate surface area is 107 Å². The molecule has 19 heavy (non-hydrogen) atoms. The lowest BCUT2D eigenvalue weighted by molar-refractivity contribution is -0.148. The molecule has 6 heteroatoms. The van der Waals surface area contributed by atoms with E-state index in [0.717, 1.165) is 0 Å². The summed E-state index contributed by atoms with van der Waals surface area (Å²) >= 11 is 0. The second kappa shape index (κ2) is 5.42. The molecular formula is C13H12F4O2. The Bertz CT molecular complexity index is 504. The molecule has 104 valence electrons. The fourth-order valence-electron chi connectivity index (χ4n) is 1.23. The maximum Gasteiger partial charge on any atom is 0.331 e. The van der Waals surface area contributed by atoms with Crippen molar-refractivity contribution in [2.75, 3.05) is 0 Å². The zero-order chi connectivity index (χ0) is 14.8. The van der Waals surface area contributed by atoms with E-state index in [-0.39, 0.29) is 6.07 Å². The van der Waals surface area contributed by atoms with Crippen LogP contribution < -0.4 is 0 Å². The molecule has 0 aliphatic carbocycles. The Kier molecular flexibility index (Phi) is 4.34. The van der Waals surface area contributed by atoms with Crippen LogP contribution in [0.15, 0.2) is 12.1 Å². The summed E-state index contributed by atoms with van der Waals surface area (Å²) in [7, 11) is 0. The van der Waals surface area contributed by atoms with E-state index in [1.165, 1.54) is 0 Å². The molecule has 2 nitrogen and oxygen atoms in total. The van der Waals surface area contributed by atoms with Crippen LogP contribution in [0.5, 0.6) is 0 Å². The fraction of sp³-hybridized carbons (Fsp3) is 0.308. The summed E-state index contributed by atoms with van der Waals surface area (Å²) in [6.07, 6.45) is 1.33. The van der Waals surface area contributed by atoms with Crippen molar-refractivity contribution in [2.45, 2.75) is 26.4 Å². The third-order valence-corrected chi connectivity index (χ3v) is 1.94. The first-order valence-electron chi connectivity index (χ1n) is 5.36. The van der Waals surface area contributed by atoms with E-state index in [1.54, 1.807) is 20.8 Å². The summed E-state index contributed by atoms with van der Waals surface area (Å²) in [4.78, 5) is 11.3. The minimum atomic E-state index is -1.57. The molecule has 0 amide bonds. The summed E-state index contributed by atoms with van der Waals surface area (Å²) in [5.74, 6) is -7.10. The molecule has 0 unspecified atom stereocenters. The minimum absolute atomic E-state index is 0.0927. The van der Waals surface area contributed by atoms with Crippen molar-refractivity contribution in [3.63, 3.8) is 0 Å². The van der Waals surface area contributed by atoms with E-state index in [4.69, 9.17) is 4.74 Å². The van der Waals surface area contributed by atoms with Gasteiger partial charge < -0.3 is 4.74 Å². The zero-order valence-corrected chi connectivity index (χ0v) is 10.6. The lowest BCUT2D eigenvalue weighted by atomic mass is 10.1. The van der Waals surface area contributed by atoms with Crippen LogP contribution in [0.1, 0.15) is 26.3 Å². The van der Waals surface area contributed by atoms with Crippen molar-refractivity contribution in [2.24, 2.45) is 0 Å². The Morgan fingerprint density at radius 3 is 2.00 bits per heavy atom. The predicted octanol–water partition coefficient (Wildman–Crippen LogP) is 3.60. The van der Waals surface area contributed by atoms with Gasteiger partial charge in [-0.3, -0.25) is 0 Å². The quantitative estimate of drug-likeness (QED) is 0.357. The molecule has 0 aromatic heterocycles. The van der Waals surface area contributed by atoms with Crippen LogP contribution in [0.25, 0.3) is 6.08 Å². The van der Waals surface area contributed by atoms with Crippen molar-refractivity contribution < 1.29 is 27.1 Å². The Hall–Kier alpha value is -1.85. The van der Waals surface area contributed by atoms with Crippen LogP contribution in [0.4, 0.5) is 17.6 Å². The molecule has 0 N–H and O–H groups in total. The van der Waals surface area contributed by atoms with Crippen LogP contribution >= 0.6 is 0 Å². The number of hydrogen-bond donors (Lipinski definition) is 0. The van der Waals surface area contributed by atoms with Gasteiger partial charge in [0.2, 0.25) is 0 Å². The largest absolute Gasteiger partial charge is 0.457 e. The first-order valence-corrected chi connectivity index (χ1v) is 5.36. The number of ether oxygens (including phenoxy) is 1. The number of halogens is 4. The Morgan fingerprint density at radius 2 is 1.58 bits per heavy atom. The summed E-state index contributed by atoms with van der Waals surface area (Å²) in [6, 6.07) is 0.0927. The van der Waals surface area contributed by atoms with E-state index in [0.29, 0.717) is 12.2 Å². The third kappa shape index (κ3) is 4.08. The highest BCUT2D eigenvalue weighted by Crippen LogP contribution is 2.20. The van der Waals surface area contributed by atoms with Gasteiger partial charge in [0, 0.05) is 12.1 Å². The molecule has 0 aliphatic heterocycles. The normalized spacial score (nSPS) is 11.9. The van der Waals surface area contributed by atoms with Crippen LogP contribution in [-0.2, 0) is 9.53 Å². The van der Waals surface area contributed by atoms with Gasteiger partial charge in [-0.05, 0) is 26.8 Å². The number of benzene rings is 1. The van der Waals surface area contributed by atoms with Crippen molar-refractivity contribution in [3.05, 3.63) is 41.0 Å². The maximum absolute atomic E-state index is 13.2. The topological polar surface area (TPSA) is 26.3 Å². The molecule has 0 saturated carbocycles. The molecule has 0 heterocycles. The van der Waals surface area contributed by atoms with Crippen LogP contribution in [0.3, 0.4) is 0 Å². The van der Waals surface area contributed by atoms with E-state index < -0.39 is 40.4 Å². The molecule has 0 saturated heterocycles. The van der Waals surface area contributed by atoms with Gasteiger partial charge >= 0.3 is 5.97 Å². The van der Waals surface area contributed by atoms with E-state index in [2.05, 4.69) is 0 Å². The van der Waals surface area contributed by atoms with Crippen molar-refractivity contribution >= 4 is 12.0 Å². The third-order valence-electron chi connectivity index (χ3n) is 1.94. The standard InChI is InChI=1S/C13H12F4O2/c1-13(2,3)19-10(18)5-4-7-11(16)8(14)6-9(15)12(7)17/h4-6H,1-3H3/b5-4+. The van der Waals surface area contributed by atoms with Crippen LogP contribution in [-0.4, -0.2) is 11.6 Å². The Balaban J connectivity index is 3.03. The van der Waals surface area contributed by atoms with Crippen molar-refractivity contribution in [3.8, 4) is 0 Å². The summed E-state index contributed by atoms with van der Waals surface area (Å²) in [5.41, 5.74) is -1.76. The first kappa shape index (κ1) is 15.2. The monoisotopic (exact) mass is 276 g/mol. The minimum Gasteiger partial charge on any atom is -0.457 e. The van der Waals surface area contributed by atoms with Gasteiger partial charge in [-0.2, -0.15) is 0 Å². The van der Waals surface area contributed by atoms with Gasteiger partial charge in [0.1, 0.15) is 5.60 Å². The highest BCUT2D eigenvalue weighted by Gasteiger charge is 2.18. The smallest absolute Gasteiger partial charge is 0.331 e. The van der Waals surface area contributed by atoms with Gasteiger partial charge in [-0.25, -0.2) is 22.4 Å². The average molecular weight is 276 g/mol. The molecular weight excluding hydrogens is 264 g/mol. The zero-order valence-electron chi connectivity index (χ0n) is 10.6. The van der Waals surface area contributed by atoms with E-state index >= 15 is 0 Å². The van der Waals surface area contributed by atoms with Crippen LogP contribution in [0, 0.1) is 23.3 Å². The highest BCUT2D eigenvalue weighted by atomic mass is 19.2. The molecule has 0 bridgehead atoms. The van der Waals surface area contributed by atoms with Crippen molar-refractivity contribution in [1.29, 1.82) is 0 Å². The van der Waals surface area contributed by atoms with E-state index in [9.17, 15) is 22.4 Å². The molecule has 1 rings (SSSR count). The van der Waals surface area contributed by atoms with Gasteiger partial charge in [0.25, 0.3) is 0 Å². The number of esters is 1. The number of carbonyl (C=O) groups is 1. The lowest BCUT2D eigenvalue weighted by Crippen LogP contribution is -2.22. The first-order chi connectivity index (χ1) is 8.61. The molecule has 1 aromatic carbocycles. The number of hydrogen-bond acceptors (Lipinski definition) is 2. The van der Waals surface area contributed by atoms with Gasteiger partial charge in [0.05, 0.1) is 5.56 Å².